The van der Waals surface area contributed by atoms with Crippen LogP contribution < -0.4 is 0 Å². The maximum Gasteiger partial charge on any atom is 0.313 e. The molecule has 0 bridgehead atoms. The lowest BCUT2D eigenvalue weighted by molar-refractivity contribution is -0.133. The number of aliphatic carboxylic acids is 1. The number of carboxylic acids is 1. The summed E-state index contributed by atoms with van der Waals surface area (Å²) in [5.74, 6) is -0.792. The predicted molar refractivity (Wildman–Crippen MR) is 66.5 cm³/mol. The molecule has 1 N–H and O–H groups in total. The van der Waals surface area contributed by atoms with Crippen LogP contribution in [0.25, 0.3) is 0 Å². The van der Waals surface area contributed by atoms with Gasteiger partial charge in [-0.05, 0) is 20.3 Å². The largest absolute Gasteiger partial charge is 0.481 e. The van der Waals surface area contributed by atoms with E-state index in [0.717, 1.165) is 17.3 Å². The molecule has 6 heteroatoms. The second-order valence-electron chi connectivity index (χ2n) is 3.89. The average molecular weight is 258 g/mol. The molecule has 0 radical (unpaired) electrons. The number of aromatic nitrogens is 2. The van der Waals surface area contributed by atoms with Crippen LogP contribution in [-0.2, 0) is 9.53 Å². The summed E-state index contributed by atoms with van der Waals surface area (Å²) in [4.78, 5) is 14.9. The van der Waals surface area contributed by atoms with Crippen LogP contribution in [-0.4, -0.2) is 40.1 Å². The van der Waals surface area contributed by atoms with Crippen molar-refractivity contribution < 1.29 is 14.6 Å². The topological polar surface area (TPSA) is 64.4 Å². The Morgan fingerprint density at radius 3 is 3.00 bits per heavy atom. The molecule has 0 aliphatic rings. The lowest BCUT2D eigenvalue weighted by Crippen LogP contribution is -2.09. The van der Waals surface area contributed by atoms with Crippen molar-refractivity contribution in [2.24, 2.45) is 0 Å². The molecule has 17 heavy (non-hydrogen) atoms. The highest BCUT2D eigenvalue weighted by molar-refractivity contribution is 7.99. The third-order valence-electron chi connectivity index (χ3n) is 2.36. The number of thioether (sulfide) groups is 1. The molecule has 1 aromatic rings. The number of methoxy groups -OCH3 is 1. The minimum atomic E-state index is -0.827. The Morgan fingerprint density at radius 1 is 1.71 bits per heavy atom. The summed E-state index contributed by atoms with van der Waals surface area (Å²) in [5.41, 5.74) is 0.905. The van der Waals surface area contributed by atoms with Crippen molar-refractivity contribution in [2.75, 3.05) is 19.5 Å². The zero-order chi connectivity index (χ0) is 12.8. The molecule has 1 atom stereocenters. The van der Waals surface area contributed by atoms with E-state index in [1.54, 1.807) is 7.11 Å². The number of aryl methyl sites for hydroxylation is 1. The number of imidazole rings is 1. The molecule has 0 aliphatic carbocycles. The van der Waals surface area contributed by atoms with E-state index in [4.69, 9.17) is 9.84 Å². The number of carboxylic acid groups (broad SMARTS) is 1. The summed E-state index contributed by atoms with van der Waals surface area (Å²) in [6, 6.07) is 0.257. The third kappa shape index (κ3) is 4.40. The quantitative estimate of drug-likeness (QED) is 0.757. The highest BCUT2D eigenvalue weighted by Crippen LogP contribution is 2.23. The maximum absolute atomic E-state index is 10.6. The predicted octanol–water partition coefficient (Wildman–Crippen LogP) is 1.97. The second kappa shape index (κ2) is 6.66. The van der Waals surface area contributed by atoms with Gasteiger partial charge in [0.15, 0.2) is 5.16 Å². The highest BCUT2D eigenvalue weighted by Gasteiger charge is 2.13. The van der Waals surface area contributed by atoms with Gasteiger partial charge in [0.05, 0.1) is 11.4 Å². The van der Waals surface area contributed by atoms with E-state index in [2.05, 4.69) is 11.9 Å². The fraction of sp³-hybridized carbons (Fsp3) is 0.636. The Kier molecular flexibility index (Phi) is 5.50. The molecule has 1 heterocycles. The van der Waals surface area contributed by atoms with E-state index >= 15 is 0 Å². The number of rotatable bonds is 7. The SMILES string of the molecule is COCCC(C)n1cc(C)nc1SCC(=O)O. The molecule has 96 valence electrons. The van der Waals surface area contributed by atoms with E-state index in [1.165, 1.54) is 11.8 Å². The lowest BCUT2D eigenvalue weighted by atomic mass is 10.2. The molecule has 0 aliphatic heterocycles. The Bertz CT molecular complexity index is 379. The summed E-state index contributed by atoms with van der Waals surface area (Å²) < 4.78 is 7.06. The van der Waals surface area contributed by atoms with Gasteiger partial charge in [-0.3, -0.25) is 4.79 Å². The minimum Gasteiger partial charge on any atom is -0.481 e. The first-order valence-electron chi connectivity index (χ1n) is 5.43. The fourth-order valence-electron chi connectivity index (χ4n) is 1.47. The van der Waals surface area contributed by atoms with Crippen molar-refractivity contribution in [3.8, 4) is 0 Å². The summed E-state index contributed by atoms with van der Waals surface area (Å²) in [7, 11) is 1.67. The van der Waals surface area contributed by atoms with Crippen LogP contribution in [0, 0.1) is 6.92 Å². The van der Waals surface area contributed by atoms with Gasteiger partial charge in [-0.25, -0.2) is 4.98 Å². The second-order valence-corrected chi connectivity index (χ2v) is 4.83. The Labute approximate surface area is 105 Å². The number of nitrogens with zero attached hydrogens (tertiary/aromatic N) is 2. The number of hydrogen-bond acceptors (Lipinski definition) is 4. The van der Waals surface area contributed by atoms with Gasteiger partial charge in [0.2, 0.25) is 0 Å². The maximum atomic E-state index is 10.6. The van der Waals surface area contributed by atoms with E-state index in [1.807, 2.05) is 17.7 Å². The molecule has 0 amide bonds. The van der Waals surface area contributed by atoms with Gasteiger partial charge in [0.25, 0.3) is 0 Å². The normalized spacial score (nSPS) is 12.6. The number of ether oxygens (including phenoxy) is 1. The minimum absolute atomic E-state index is 0.0352. The molecule has 1 rings (SSSR count). The first-order valence-corrected chi connectivity index (χ1v) is 6.42. The van der Waals surface area contributed by atoms with E-state index < -0.39 is 5.97 Å². The Balaban J connectivity index is 2.72. The van der Waals surface area contributed by atoms with Gasteiger partial charge < -0.3 is 14.4 Å². The van der Waals surface area contributed by atoms with Crippen LogP contribution in [0.3, 0.4) is 0 Å². The van der Waals surface area contributed by atoms with Crippen LogP contribution >= 0.6 is 11.8 Å². The smallest absolute Gasteiger partial charge is 0.313 e. The zero-order valence-electron chi connectivity index (χ0n) is 10.3. The molecule has 0 saturated heterocycles. The summed E-state index contributed by atoms with van der Waals surface area (Å²) in [5, 5.41) is 9.43. The third-order valence-corrected chi connectivity index (χ3v) is 3.31. The Hall–Kier alpha value is -1.01. The fourth-order valence-corrected chi connectivity index (χ4v) is 2.31. The van der Waals surface area contributed by atoms with E-state index in [9.17, 15) is 4.79 Å². The monoisotopic (exact) mass is 258 g/mol. The molecule has 0 saturated carbocycles. The van der Waals surface area contributed by atoms with Gasteiger partial charge in [0, 0.05) is 26.0 Å². The van der Waals surface area contributed by atoms with Gasteiger partial charge in [-0.2, -0.15) is 0 Å². The number of carbonyl (C=O) groups is 1. The van der Waals surface area contributed by atoms with Gasteiger partial charge in [0.1, 0.15) is 0 Å². The average Bonchev–Trinajstić information content (AvgIpc) is 2.64. The summed E-state index contributed by atoms with van der Waals surface area (Å²) in [6.45, 7) is 4.66. The van der Waals surface area contributed by atoms with Crippen LogP contribution in [0.15, 0.2) is 11.4 Å². The molecular formula is C11H18N2O3S. The molecule has 5 nitrogen and oxygen atoms in total. The molecule has 0 spiro atoms. The number of hydrogen-bond donors (Lipinski definition) is 1. The van der Waals surface area contributed by atoms with Crippen molar-refractivity contribution >= 4 is 17.7 Å². The van der Waals surface area contributed by atoms with Crippen LogP contribution in [0.2, 0.25) is 0 Å². The zero-order valence-corrected chi connectivity index (χ0v) is 11.2. The summed E-state index contributed by atoms with van der Waals surface area (Å²) in [6.07, 6.45) is 2.83. The molecule has 0 fully saturated rings. The molecule has 1 unspecified atom stereocenters. The molecule has 0 aromatic carbocycles. The lowest BCUT2D eigenvalue weighted by Gasteiger charge is -2.15. The van der Waals surface area contributed by atoms with Crippen molar-refractivity contribution in [3.05, 3.63) is 11.9 Å². The van der Waals surface area contributed by atoms with Crippen molar-refractivity contribution in [1.29, 1.82) is 0 Å². The standard InChI is InChI=1S/C11H18N2O3S/c1-8-6-13(9(2)4-5-16-3)11(12-8)17-7-10(14)15/h6,9H,4-5,7H2,1-3H3,(H,14,15). The molecule has 1 aromatic heterocycles. The van der Waals surface area contributed by atoms with Crippen molar-refractivity contribution in [2.45, 2.75) is 31.5 Å². The van der Waals surface area contributed by atoms with Gasteiger partial charge in [-0.15, -0.1) is 0 Å². The van der Waals surface area contributed by atoms with Crippen LogP contribution in [0.5, 0.6) is 0 Å². The van der Waals surface area contributed by atoms with Crippen LogP contribution in [0.4, 0.5) is 0 Å². The van der Waals surface area contributed by atoms with Gasteiger partial charge >= 0.3 is 5.97 Å². The van der Waals surface area contributed by atoms with Crippen molar-refractivity contribution in [1.82, 2.24) is 9.55 Å². The molecular weight excluding hydrogens is 240 g/mol. The highest BCUT2D eigenvalue weighted by atomic mass is 32.2. The summed E-state index contributed by atoms with van der Waals surface area (Å²) >= 11 is 1.25. The Morgan fingerprint density at radius 2 is 2.41 bits per heavy atom. The van der Waals surface area contributed by atoms with Gasteiger partial charge in [-0.1, -0.05) is 11.8 Å². The van der Waals surface area contributed by atoms with E-state index in [-0.39, 0.29) is 11.8 Å². The first-order chi connectivity index (χ1) is 8.04. The van der Waals surface area contributed by atoms with Crippen LogP contribution in [0.1, 0.15) is 25.1 Å². The van der Waals surface area contributed by atoms with Crippen molar-refractivity contribution in [3.63, 3.8) is 0 Å². The van der Waals surface area contributed by atoms with E-state index in [0.29, 0.717) is 6.61 Å². The first kappa shape index (κ1) is 14.1.